The Morgan fingerprint density at radius 3 is 2.75 bits per heavy atom. The topological polar surface area (TPSA) is 104 Å². The van der Waals surface area contributed by atoms with Gasteiger partial charge < -0.3 is 10.1 Å². The fraction of sp³-hybridized carbons (Fsp3) is 0.250. The number of imide groups is 1. The number of ether oxygens (including phenoxy) is 1. The molecule has 1 aromatic carbocycles. The minimum absolute atomic E-state index is 0.245. The van der Waals surface area contributed by atoms with Crippen LogP contribution in [0.3, 0.4) is 0 Å². The van der Waals surface area contributed by atoms with Gasteiger partial charge in [0, 0.05) is 31.9 Å². The molecule has 2 heterocycles. The van der Waals surface area contributed by atoms with Crippen molar-refractivity contribution in [3.8, 4) is 0 Å². The van der Waals surface area contributed by atoms with Crippen molar-refractivity contribution in [1.29, 1.82) is 0 Å². The van der Waals surface area contributed by atoms with Gasteiger partial charge >= 0.3 is 0 Å². The number of carbonyl (C=O) groups excluding carboxylic acids is 3. The van der Waals surface area contributed by atoms with Crippen LogP contribution in [0, 0.1) is 0 Å². The van der Waals surface area contributed by atoms with Gasteiger partial charge in [-0.05, 0) is 24.6 Å². The molecule has 0 atom stereocenters. The molecule has 0 unspecified atom stereocenters. The summed E-state index contributed by atoms with van der Waals surface area (Å²) in [6.45, 7) is 0.751. The molecule has 0 aliphatic carbocycles. The van der Waals surface area contributed by atoms with Crippen molar-refractivity contribution in [1.82, 2.24) is 15.1 Å². The molecule has 24 heavy (non-hydrogen) atoms. The lowest BCUT2D eigenvalue weighted by Gasteiger charge is -2.12. The summed E-state index contributed by atoms with van der Waals surface area (Å²) in [5.74, 6) is -0.668. The largest absolute Gasteiger partial charge is 0.385 e. The van der Waals surface area contributed by atoms with Gasteiger partial charge in [-0.15, -0.1) is 0 Å². The molecule has 3 amide bonds. The van der Waals surface area contributed by atoms with E-state index in [0.29, 0.717) is 30.0 Å². The number of H-pyrrole nitrogens is 1. The number of methoxy groups -OCH3 is 1. The van der Waals surface area contributed by atoms with Crippen LogP contribution in [0.15, 0.2) is 30.5 Å². The van der Waals surface area contributed by atoms with Gasteiger partial charge in [-0.1, -0.05) is 0 Å². The van der Waals surface area contributed by atoms with Crippen molar-refractivity contribution < 1.29 is 19.1 Å². The van der Waals surface area contributed by atoms with Gasteiger partial charge in [-0.3, -0.25) is 24.4 Å². The van der Waals surface area contributed by atoms with E-state index in [4.69, 9.17) is 4.74 Å². The number of fused-ring (bicyclic) bond motifs is 1. The molecular formula is C16H16N4O4. The molecular weight excluding hydrogens is 312 g/mol. The zero-order valence-electron chi connectivity index (χ0n) is 13.0. The van der Waals surface area contributed by atoms with E-state index in [1.807, 2.05) is 0 Å². The number of rotatable bonds is 6. The maximum absolute atomic E-state index is 12.4. The molecule has 3 rings (SSSR count). The monoisotopic (exact) mass is 328 g/mol. The summed E-state index contributed by atoms with van der Waals surface area (Å²) in [7, 11) is 1.56. The molecule has 0 radical (unpaired) electrons. The van der Waals surface area contributed by atoms with E-state index in [2.05, 4.69) is 15.5 Å². The first-order valence-corrected chi connectivity index (χ1v) is 7.41. The van der Waals surface area contributed by atoms with Crippen LogP contribution in [-0.4, -0.2) is 53.1 Å². The molecule has 124 valence electrons. The van der Waals surface area contributed by atoms with Crippen LogP contribution in [0.25, 0.3) is 0 Å². The lowest BCUT2D eigenvalue weighted by Crippen LogP contribution is -2.31. The molecule has 8 nitrogen and oxygen atoms in total. The van der Waals surface area contributed by atoms with Crippen molar-refractivity contribution in [3.05, 3.63) is 47.2 Å². The van der Waals surface area contributed by atoms with Gasteiger partial charge in [0.05, 0.1) is 17.3 Å². The number of anilines is 1. The summed E-state index contributed by atoms with van der Waals surface area (Å²) in [6, 6.07) is 6.08. The second-order valence-corrected chi connectivity index (χ2v) is 5.29. The van der Waals surface area contributed by atoms with Gasteiger partial charge in [0.15, 0.2) is 0 Å². The lowest BCUT2D eigenvalue weighted by molar-refractivity contribution is 0.0638. The van der Waals surface area contributed by atoms with Crippen molar-refractivity contribution in [3.63, 3.8) is 0 Å². The smallest absolute Gasteiger partial charge is 0.261 e. The Labute approximate surface area is 137 Å². The molecule has 0 saturated heterocycles. The van der Waals surface area contributed by atoms with Crippen molar-refractivity contribution in [2.75, 3.05) is 25.6 Å². The molecule has 1 aliphatic rings. The predicted octanol–water partition coefficient (Wildman–Crippen LogP) is 1.29. The highest BCUT2D eigenvalue weighted by Gasteiger charge is 2.35. The van der Waals surface area contributed by atoms with Gasteiger partial charge in [-0.2, -0.15) is 5.10 Å². The summed E-state index contributed by atoms with van der Waals surface area (Å²) in [5, 5.41) is 8.98. The quantitative estimate of drug-likeness (QED) is 0.614. The average Bonchev–Trinajstić information content (AvgIpc) is 3.17. The summed E-state index contributed by atoms with van der Waals surface area (Å²) in [5.41, 5.74) is 0.855. The summed E-state index contributed by atoms with van der Waals surface area (Å²) in [4.78, 5) is 38.1. The number of aromatic nitrogens is 2. The number of aromatic amines is 1. The number of nitrogens with zero attached hydrogens (tertiary/aromatic N) is 2. The fourth-order valence-corrected chi connectivity index (χ4v) is 2.52. The van der Waals surface area contributed by atoms with Gasteiger partial charge in [0.1, 0.15) is 5.82 Å². The first-order chi connectivity index (χ1) is 11.6. The van der Waals surface area contributed by atoms with E-state index in [1.54, 1.807) is 13.2 Å². The highest BCUT2D eigenvalue weighted by Crippen LogP contribution is 2.24. The first kappa shape index (κ1) is 15.9. The van der Waals surface area contributed by atoms with Crippen LogP contribution < -0.4 is 5.32 Å². The minimum Gasteiger partial charge on any atom is -0.385 e. The van der Waals surface area contributed by atoms with E-state index in [-0.39, 0.29) is 29.8 Å². The minimum atomic E-state index is -0.389. The van der Waals surface area contributed by atoms with Crippen LogP contribution >= 0.6 is 0 Å². The molecule has 8 heteroatoms. The Balaban J connectivity index is 1.79. The Hall–Kier alpha value is -3.00. The van der Waals surface area contributed by atoms with E-state index in [9.17, 15) is 14.4 Å². The standard InChI is InChI=1S/C16H16N4O4/c1-24-8-2-7-20-15(22)11-4-3-10(9-12(11)16(20)23)14(21)18-13-5-6-17-19-13/h3-6,9H,2,7-8H2,1H3,(H2,17,18,19,21). The third-order valence-electron chi connectivity index (χ3n) is 3.71. The van der Waals surface area contributed by atoms with Crippen molar-refractivity contribution >= 4 is 23.5 Å². The highest BCUT2D eigenvalue weighted by molar-refractivity contribution is 6.22. The van der Waals surface area contributed by atoms with E-state index >= 15 is 0 Å². The van der Waals surface area contributed by atoms with Crippen LogP contribution in [0.5, 0.6) is 0 Å². The van der Waals surface area contributed by atoms with Gasteiger partial charge in [-0.25, -0.2) is 0 Å². The second kappa shape index (κ2) is 6.63. The average molecular weight is 328 g/mol. The van der Waals surface area contributed by atoms with Crippen molar-refractivity contribution in [2.45, 2.75) is 6.42 Å². The number of amides is 3. The number of nitrogens with one attached hydrogen (secondary N) is 2. The molecule has 2 aromatic rings. The Bertz CT molecular complexity index is 785. The fourth-order valence-electron chi connectivity index (χ4n) is 2.52. The maximum Gasteiger partial charge on any atom is 0.261 e. The number of benzene rings is 1. The Morgan fingerprint density at radius 1 is 1.25 bits per heavy atom. The molecule has 0 spiro atoms. The highest BCUT2D eigenvalue weighted by atomic mass is 16.5. The van der Waals surface area contributed by atoms with Gasteiger partial charge in [0.2, 0.25) is 0 Å². The third-order valence-corrected chi connectivity index (χ3v) is 3.71. The normalized spacial score (nSPS) is 13.3. The Morgan fingerprint density at radius 2 is 2.04 bits per heavy atom. The zero-order chi connectivity index (χ0) is 17.1. The number of hydrogen-bond donors (Lipinski definition) is 2. The molecule has 0 bridgehead atoms. The Kier molecular flexibility index (Phi) is 4.39. The van der Waals surface area contributed by atoms with Gasteiger partial charge in [0.25, 0.3) is 17.7 Å². The SMILES string of the molecule is COCCCN1C(=O)c2ccc(C(=O)Nc3ccn[nH]3)cc2C1=O. The van der Waals surface area contributed by atoms with E-state index in [0.717, 1.165) is 0 Å². The molecule has 2 N–H and O–H groups in total. The molecule has 1 aromatic heterocycles. The molecule has 0 fully saturated rings. The summed E-state index contributed by atoms with van der Waals surface area (Å²) >= 11 is 0. The van der Waals surface area contributed by atoms with Crippen molar-refractivity contribution in [2.24, 2.45) is 0 Å². The van der Waals surface area contributed by atoms with Crippen LogP contribution in [-0.2, 0) is 4.74 Å². The predicted molar refractivity (Wildman–Crippen MR) is 84.8 cm³/mol. The van der Waals surface area contributed by atoms with Crippen LogP contribution in [0.4, 0.5) is 5.82 Å². The third kappa shape index (κ3) is 2.91. The maximum atomic E-state index is 12.4. The number of carbonyl (C=O) groups is 3. The van der Waals surface area contributed by atoms with E-state index < -0.39 is 0 Å². The van der Waals surface area contributed by atoms with E-state index in [1.165, 1.54) is 29.3 Å². The number of hydrogen-bond acceptors (Lipinski definition) is 5. The van der Waals surface area contributed by atoms with Crippen LogP contribution in [0.2, 0.25) is 0 Å². The summed E-state index contributed by atoms with van der Waals surface area (Å²) < 4.78 is 4.94. The molecule has 0 saturated carbocycles. The molecule has 1 aliphatic heterocycles. The first-order valence-electron chi connectivity index (χ1n) is 7.41. The zero-order valence-corrected chi connectivity index (χ0v) is 13.0. The second-order valence-electron chi connectivity index (χ2n) is 5.29. The van der Waals surface area contributed by atoms with Crippen LogP contribution in [0.1, 0.15) is 37.5 Å². The lowest BCUT2D eigenvalue weighted by atomic mass is 10.1. The summed E-state index contributed by atoms with van der Waals surface area (Å²) in [6.07, 6.45) is 2.08.